The quantitative estimate of drug-likeness (QED) is 0.386. The maximum Gasteiger partial charge on any atom is 0.290 e. The first-order chi connectivity index (χ1) is 2.83. The van der Waals surface area contributed by atoms with Crippen molar-refractivity contribution in [2.75, 3.05) is 0 Å². The predicted octanol–water partition coefficient (Wildman–Crippen LogP) is 0.377. The largest absolute Gasteiger partial charge is 0.483 e. The Balaban J connectivity index is 0. The van der Waals surface area contributed by atoms with E-state index >= 15 is 0 Å². The fraction of sp³-hybridized carbons (Fsp3) is 0. The van der Waals surface area contributed by atoms with Gasteiger partial charge in [0.2, 0.25) is 0 Å². The minimum absolute atomic E-state index is 0.250. The van der Waals surface area contributed by atoms with Crippen molar-refractivity contribution in [3.8, 4) is 0 Å². The molecule has 0 aromatic rings. The average Bonchev–Trinajstić information content (AvgIpc) is 1.39. The van der Waals surface area contributed by atoms with E-state index in [9.17, 15) is 0 Å². The van der Waals surface area contributed by atoms with Gasteiger partial charge in [0.15, 0.2) is 0 Å². The van der Waals surface area contributed by atoms with E-state index in [1.165, 1.54) is 4.97 Å². The Bertz CT molecular complexity index is 29.8. The molecular weight excluding hydrogens is 132 g/mol. The molecule has 0 aliphatic heterocycles. The molecule has 0 radical (unpaired) electrons. The van der Waals surface area contributed by atoms with Crippen molar-refractivity contribution in [1.29, 1.82) is 0 Å². The number of carboxylic acid groups (broad SMARTS) is 1. The second kappa shape index (κ2) is 22.0. The molecule has 0 bridgehead atoms. The number of carbonyl (C=O) groups is 1. The van der Waals surface area contributed by atoms with Crippen LogP contribution in [0.1, 0.15) is 0 Å². The van der Waals surface area contributed by atoms with Crippen LogP contribution in [0.2, 0.25) is 0 Å². The zero-order valence-corrected chi connectivity index (χ0v) is 3.96. The smallest absolute Gasteiger partial charge is 0.290 e. The predicted molar refractivity (Wildman–Crippen MR) is 18.9 cm³/mol. The maximum absolute atomic E-state index is 8.36. The molecule has 0 saturated heterocycles. The Morgan fingerprint density at radius 1 is 1.83 bits per heavy atom. The van der Waals surface area contributed by atoms with Gasteiger partial charge in [0, 0.05) is 0 Å². The molecule has 6 heavy (non-hydrogen) atoms. The summed E-state index contributed by atoms with van der Waals surface area (Å²) in [6, 6.07) is 0. The molecular formula is C3H5CuO2. The summed E-state index contributed by atoms with van der Waals surface area (Å²) < 4.78 is 0. The number of hydrogen-bond donors (Lipinski definition) is 1. The Hall–Kier alpha value is -0.271. The van der Waals surface area contributed by atoms with Crippen molar-refractivity contribution in [1.82, 2.24) is 0 Å². The Labute approximate surface area is 44.7 Å². The summed E-state index contributed by atoms with van der Waals surface area (Å²) in [5.74, 6) is 0. The molecule has 1 N–H and O–H groups in total. The second-order valence-electron chi connectivity index (χ2n) is 0.229. The van der Waals surface area contributed by atoms with Crippen LogP contribution in [0.25, 0.3) is 0 Å². The molecule has 0 aromatic carbocycles. The fourth-order valence-corrected chi connectivity index (χ4v) is 0. The normalized spacial score (nSPS) is 4.33. The summed E-state index contributed by atoms with van der Waals surface area (Å²) in [4.78, 5) is 9.67. The SMILES string of the molecule is C=[CH][Cu].O=CO. The van der Waals surface area contributed by atoms with Crippen molar-refractivity contribution in [2.24, 2.45) is 0 Å². The molecule has 0 atom stereocenters. The zero-order chi connectivity index (χ0) is 5.41. The minimum atomic E-state index is -0.250. The third kappa shape index (κ3) is 380. The van der Waals surface area contributed by atoms with E-state index in [-0.39, 0.29) is 6.47 Å². The molecule has 2 nitrogen and oxygen atoms in total. The van der Waals surface area contributed by atoms with E-state index in [1.54, 1.807) is 0 Å². The van der Waals surface area contributed by atoms with Crippen LogP contribution >= 0.6 is 0 Å². The van der Waals surface area contributed by atoms with Crippen molar-refractivity contribution < 1.29 is 25.9 Å². The van der Waals surface area contributed by atoms with Crippen LogP contribution in [0.3, 0.4) is 0 Å². The van der Waals surface area contributed by atoms with Gasteiger partial charge in [-0.15, -0.1) is 0 Å². The monoisotopic (exact) mass is 136 g/mol. The van der Waals surface area contributed by atoms with E-state index in [2.05, 4.69) is 22.6 Å². The van der Waals surface area contributed by atoms with Crippen LogP contribution in [0.4, 0.5) is 0 Å². The van der Waals surface area contributed by atoms with Crippen molar-refractivity contribution in [3.05, 3.63) is 11.6 Å². The van der Waals surface area contributed by atoms with Crippen LogP contribution in [-0.2, 0) is 20.8 Å². The van der Waals surface area contributed by atoms with Crippen molar-refractivity contribution in [2.45, 2.75) is 0 Å². The van der Waals surface area contributed by atoms with Crippen LogP contribution < -0.4 is 0 Å². The first-order valence-electron chi connectivity index (χ1n) is 1.08. The molecule has 0 spiro atoms. The molecule has 0 unspecified atom stereocenters. The molecule has 0 heterocycles. The van der Waals surface area contributed by atoms with E-state index in [4.69, 9.17) is 9.90 Å². The molecule has 0 aliphatic rings. The topological polar surface area (TPSA) is 37.3 Å². The first-order valence-corrected chi connectivity index (χ1v) is 1.62. The van der Waals surface area contributed by atoms with Crippen molar-refractivity contribution >= 4 is 6.47 Å². The number of hydrogen-bond acceptors (Lipinski definition) is 1. The minimum Gasteiger partial charge on any atom is -0.483 e. The molecule has 0 aliphatic carbocycles. The average molecular weight is 137 g/mol. The van der Waals surface area contributed by atoms with Gasteiger partial charge in [0.05, 0.1) is 0 Å². The third-order valence-corrected chi connectivity index (χ3v) is 0. The number of rotatable bonds is 0. The summed E-state index contributed by atoms with van der Waals surface area (Å²) >= 11 is 4.27. The molecule has 0 amide bonds. The first kappa shape index (κ1) is 9.21. The van der Waals surface area contributed by atoms with Gasteiger partial charge < -0.3 is 5.11 Å². The summed E-state index contributed by atoms with van der Waals surface area (Å²) in [7, 11) is 0. The van der Waals surface area contributed by atoms with Gasteiger partial charge in [-0.1, -0.05) is 0 Å². The molecule has 0 aromatic heterocycles. The summed E-state index contributed by atoms with van der Waals surface area (Å²) in [5, 5.41) is 6.89. The van der Waals surface area contributed by atoms with Gasteiger partial charge in [-0.05, 0) is 0 Å². The Kier molecular flexibility index (Phi) is 33.8. The third-order valence-electron chi connectivity index (χ3n) is 0. The summed E-state index contributed by atoms with van der Waals surface area (Å²) in [5.41, 5.74) is 0. The summed E-state index contributed by atoms with van der Waals surface area (Å²) in [6.45, 7) is 2.92. The second-order valence-corrected chi connectivity index (χ2v) is 0.613. The van der Waals surface area contributed by atoms with Crippen LogP contribution in [0.5, 0.6) is 0 Å². The standard InChI is InChI=1S/C2H3.CH2O2.Cu/c1-2;2-1-3;/h1H,2H2;1H,(H,2,3);. The van der Waals surface area contributed by atoms with Crippen LogP contribution in [-0.4, -0.2) is 11.6 Å². The maximum atomic E-state index is 8.36. The van der Waals surface area contributed by atoms with Crippen LogP contribution in [0.15, 0.2) is 11.6 Å². The zero-order valence-electron chi connectivity index (χ0n) is 3.02. The van der Waals surface area contributed by atoms with Crippen LogP contribution in [0, 0.1) is 0 Å². The molecule has 0 saturated carbocycles. The fourth-order valence-electron chi connectivity index (χ4n) is 0. The van der Waals surface area contributed by atoms with E-state index in [0.29, 0.717) is 0 Å². The van der Waals surface area contributed by atoms with Gasteiger partial charge in [0.25, 0.3) is 6.47 Å². The van der Waals surface area contributed by atoms with Gasteiger partial charge in [-0.25, -0.2) is 0 Å². The Morgan fingerprint density at radius 2 is 1.83 bits per heavy atom. The molecule has 40 valence electrons. The van der Waals surface area contributed by atoms with E-state index in [1.807, 2.05) is 0 Å². The van der Waals surface area contributed by atoms with E-state index < -0.39 is 0 Å². The molecule has 0 rings (SSSR count). The van der Waals surface area contributed by atoms with Gasteiger partial charge >= 0.3 is 27.6 Å². The molecule has 0 fully saturated rings. The van der Waals surface area contributed by atoms with Crippen molar-refractivity contribution in [3.63, 3.8) is 0 Å². The Morgan fingerprint density at radius 3 is 1.83 bits per heavy atom. The summed E-state index contributed by atoms with van der Waals surface area (Å²) in [6.07, 6.45) is 0. The van der Waals surface area contributed by atoms with Gasteiger partial charge in [-0.2, -0.15) is 0 Å². The van der Waals surface area contributed by atoms with Gasteiger partial charge in [-0.3, -0.25) is 4.79 Å². The molecule has 3 heteroatoms. The van der Waals surface area contributed by atoms with E-state index in [0.717, 1.165) is 0 Å². The van der Waals surface area contributed by atoms with Gasteiger partial charge in [0.1, 0.15) is 0 Å².